The lowest BCUT2D eigenvalue weighted by atomic mass is 9.84. The van der Waals surface area contributed by atoms with E-state index in [2.05, 4.69) is 43.1 Å². The number of ether oxygens (including phenoxy) is 1. The van der Waals surface area contributed by atoms with E-state index in [9.17, 15) is 4.79 Å². The van der Waals surface area contributed by atoms with E-state index in [0.29, 0.717) is 37.6 Å². The maximum Gasteiger partial charge on any atom is 0.318 e. The van der Waals surface area contributed by atoms with Gasteiger partial charge in [-0.2, -0.15) is 5.10 Å². The number of urea groups is 1. The molecule has 24 heavy (non-hydrogen) atoms. The highest BCUT2D eigenvalue weighted by molar-refractivity contribution is 5.74. The van der Waals surface area contributed by atoms with Crippen LogP contribution in [0.2, 0.25) is 0 Å². The van der Waals surface area contributed by atoms with Gasteiger partial charge in [0.15, 0.2) is 5.82 Å². The lowest BCUT2D eigenvalue weighted by Gasteiger charge is -2.34. The van der Waals surface area contributed by atoms with Crippen molar-refractivity contribution in [2.24, 2.45) is 18.4 Å². The Labute approximate surface area is 144 Å². The predicted molar refractivity (Wildman–Crippen MR) is 92.5 cm³/mol. The van der Waals surface area contributed by atoms with E-state index < -0.39 is 0 Å². The number of nitrogens with zero attached hydrogens (tertiary/aromatic N) is 4. The topological polar surface area (TPSA) is 72.3 Å². The first-order valence-electron chi connectivity index (χ1n) is 8.74. The van der Waals surface area contributed by atoms with Crippen molar-refractivity contribution in [3.63, 3.8) is 0 Å². The maximum atomic E-state index is 12.6. The van der Waals surface area contributed by atoms with E-state index in [4.69, 9.17) is 4.74 Å². The van der Waals surface area contributed by atoms with Gasteiger partial charge in [-0.1, -0.05) is 27.7 Å². The van der Waals surface area contributed by atoms with Gasteiger partial charge in [0.25, 0.3) is 0 Å². The van der Waals surface area contributed by atoms with Crippen LogP contribution in [0, 0.1) is 11.3 Å². The van der Waals surface area contributed by atoms with Crippen molar-refractivity contribution in [3.8, 4) is 0 Å². The third kappa shape index (κ3) is 5.19. The molecule has 1 fully saturated rings. The zero-order chi connectivity index (χ0) is 17.7. The minimum absolute atomic E-state index is 0.0470. The molecule has 0 radical (unpaired) electrons. The van der Waals surface area contributed by atoms with Gasteiger partial charge in [0.1, 0.15) is 12.4 Å². The first-order valence-corrected chi connectivity index (χ1v) is 8.74. The van der Waals surface area contributed by atoms with Gasteiger partial charge in [0.2, 0.25) is 0 Å². The maximum absolute atomic E-state index is 12.6. The molecule has 2 rings (SSSR count). The predicted octanol–water partition coefficient (Wildman–Crippen LogP) is 2.36. The number of nitrogens with one attached hydrogen (secondary N) is 1. The van der Waals surface area contributed by atoms with Crippen LogP contribution in [0.5, 0.6) is 0 Å². The van der Waals surface area contributed by atoms with Crippen LogP contribution in [0.1, 0.15) is 52.4 Å². The largest absolute Gasteiger partial charge is 0.377 e. The van der Waals surface area contributed by atoms with Crippen molar-refractivity contribution in [1.82, 2.24) is 25.0 Å². The number of hydrogen-bond donors (Lipinski definition) is 1. The van der Waals surface area contributed by atoms with Crippen LogP contribution in [-0.4, -0.2) is 52.0 Å². The first-order chi connectivity index (χ1) is 11.3. The second-order valence-electron chi connectivity index (χ2n) is 7.92. The van der Waals surface area contributed by atoms with Gasteiger partial charge in [-0.3, -0.25) is 4.68 Å². The Hall–Kier alpha value is -1.63. The molecule has 0 spiro atoms. The van der Waals surface area contributed by atoms with Crippen molar-refractivity contribution >= 4 is 6.03 Å². The third-order valence-electron chi connectivity index (χ3n) is 4.31. The van der Waals surface area contributed by atoms with Crippen molar-refractivity contribution in [1.29, 1.82) is 0 Å². The molecule has 7 heteroatoms. The van der Waals surface area contributed by atoms with Crippen LogP contribution in [0.25, 0.3) is 0 Å². The van der Waals surface area contributed by atoms with Crippen molar-refractivity contribution in [3.05, 3.63) is 12.2 Å². The Kier molecular flexibility index (Phi) is 6.21. The molecule has 0 saturated carbocycles. The number of aryl methyl sites for hydroxylation is 1. The SMILES string of the molecule is C[C@H](CCNC(=O)N1CCOC[C@H]1c1ncnn1C)CC(C)(C)C. The normalized spacial score (nSPS) is 20.0. The fraction of sp³-hybridized carbons (Fsp3) is 0.824. The van der Waals surface area contributed by atoms with E-state index in [0.717, 1.165) is 18.7 Å². The monoisotopic (exact) mass is 337 g/mol. The lowest BCUT2D eigenvalue weighted by molar-refractivity contribution is 0.00739. The molecule has 0 unspecified atom stereocenters. The van der Waals surface area contributed by atoms with E-state index in [1.165, 1.54) is 6.33 Å². The average Bonchev–Trinajstić information content (AvgIpc) is 2.91. The molecule has 0 aromatic carbocycles. The second-order valence-corrected chi connectivity index (χ2v) is 7.92. The van der Waals surface area contributed by atoms with E-state index >= 15 is 0 Å². The minimum atomic E-state index is -0.182. The van der Waals surface area contributed by atoms with Crippen molar-refractivity contribution in [2.75, 3.05) is 26.3 Å². The van der Waals surface area contributed by atoms with Crippen molar-refractivity contribution in [2.45, 2.75) is 46.6 Å². The molecule has 2 atom stereocenters. The van der Waals surface area contributed by atoms with E-state index in [-0.39, 0.29) is 12.1 Å². The highest BCUT2D eigenvalue weighted by Crippen LogP contribution is 2.26. The summed E-state index contributed by atoms with van der Waals surface area (Å²) in [6.45, 7) is 11.3. The Bertz CT molecular complexity index is 537. The van der Waals surface area contributed by atoms with E-state index in [1.54, 1.807) is 4.68 Å². The second kappa shape index (κ2) is 7.96. The van der Waals surface area contributed by atoms with Crippen LogP contribution in [0.15, 0.2) is 6.33 Å². The molecule has 1 N–H and O–H groups in total. The molecule has 1 saturated heterocycles. The molecular formula is C17H31N5O2. The quantitative estimate of drug-likeness (QED) is 0.895. The first kappa shape index (κ1) is 18.7. The molecule has 0 bridgehead atoms. The van der Waals surface area contributed by atoms with E-state index in [1.807, 2.05) is 11.9 Å². The summed E-state index contributed by atoms with van der Waals surface area (Å²) < 4.78 is 7.24. The summed E-state index contributed by atoms with van der Waals surface area (Å²) in [7, 11) is 1.83. The van der Waals surface area contributed by atoms with Gasteiger partial charge < -0.3 is 15.0 Å². The fourth-order valence-corrected chi connectivity index (χ4v) is 3.34. The lowest BCUT2D eigenvalue weighted by Crippen LogP contribution is -2.49. The zero-order valence-corrected chi connectivity index (χ0v) is 15.6. The van der Waals surface area contributed by atoms with Gasteiger partial charge in [0, 0.05) is 20.1 Å². The Morgan fingerprint density at radius 2 is 2.25 bits per heavy atom. The number of morpholine rings is 1. The Balaban J connectivity index is 1.87. The van der Waals surface area contributed by atoms with Crippen molar-refractivity contribution < 1.29 is 9.53 Å². The van der Waals surface area contributed by atoms with Gasteiger partial charge in [-0.15, -0.1) is 0 Å². The van der Waals surface area contributed by atoms with Crippen LogP contribution in [0.3, 0.4) is 0 Å². The summed E-state index contributed by atoms with van der Waals surface area (Å²) in [5.74, 6) is 1.34. The number of aromatic nitrogens is 3. The van der Waals surface area contributed by atoms with Gasteiger partial charge >= 0.3 is 6.03 Å². The third-order valence-corrected chi connectivity index (χ3v) is 4.31. The molecule has 1 aromatic heterocycles. The number of carbonyl (C=O) groups is 1. The zero-order valence-electron chi connectivity index (χ0n) is 15.6. The summed E-state index contributed by atoms with van der Waals surface area (Å²) in [5, 5.41) is 7.15. The molecule has 7 nitrogen and oxygen atoms in total. The molecule has 1 aromatic rings. The smallest absolute Gasteiger partial charge is 0.318 e. The Morgan fingerprint density at radius 3 is 2.88 bits per heavy atom. The van der Waals surface area contributed by atoms with Crippen LogP contribution < -0.4 is 5.32 Å². The molecule has 2 amide bonds. The van der Waals surface area contributed by atoms with Crippen LogP contribution in [0.4, 0.5) is 4.79 Å². The molecule has 1 aliphatic rings. The average molecular weight is 337 g/mol. The number of amides is 2. The standard InChI is InChI=1S/C17H31N5O2/c1-13(10-17(2,3)4)6-7-18-16(23)22-8-9-24-11-14(22)15-19-12-20-21(15)5/h12-14H,6-11H2,1-5H3,(H,18,23)/t13-,14+/m1/s1. The number of hydrogen-bond acceptors (Lipinski definition) is 4. The fourth-order valence-electron chi connectivity index (χ4n) is 3.34. The molecule has 1 aliphatic heterocycles. The Morgan fingerprint density at radius 1 is 1.50 bits per heavy atom. The summed E-state index contributed by atoms with van der Waals surface area (Å²) in [6.07, 6.45) is 3.65. The summed E-state index contributed by atoms with van der Waals surface area (Å²) >= 11 is 0. The number of carbonyl (C=O) groups excluding carboxylic acids is 1. The molecule has 0 aliphatic carbocycles. The minimum Gasteiger partial charge on any atom is -0.377 e. The van der Waals surface area contributed by atoms with Gasteiger partial charge in [-0.25, -0.2) is 9.78 Å². The van der Waals surface area contributed by atoms with Crippen LogP contribution in [-0.2, 0) is 11.8 Å². The highest BCUT2D eigenvalue weighted by Gasteiger charge is 2.31. The van der Waals surface area contributed by atoms with Gasteiger partial charge in [0.05, 0.1) is 13.2 Å². The highest BCUT2D eigenvalue weighted by atomic mass is 16.5. The van der Waals surface area contributed by atoms with Crippen LogP contribution >= 0.6 is 0 Å². The summed E-state index contributed by atoms with van der Waals surface area (Å²) in [5.41, 5.74) is 0.323. The molecular weight excluding hydrogens is 306 g/mol. The number of rotatable bonds is 5. The van der Waals surface area contributed by atoms with Gasteiger partial charge in [-0.05, 0) is 24.2 Å². The molecule has 136 valence electrons. The summed E-state index contributed by atoms with van der Waals surface area (Å²) in [6, 6.07) is -0.229. The molecule has 2 heterocycles. The summed E-state index contributed by atoms with van der Waals surface area (Å²) in [4.78, 5) is 18.7.